The van der Waals surface area contributed by atoms with Gasteiger partial charge in [0.2, 0.25) is 0 Å². The molecule has 0 aliphatic heterocycles. The molecule has 112 valence electrons. The van der Waals surface area contributed by atoms with Crippen molar-refractivity contribution in [2.45, 2.75) is 32.1 Å². The van der Waals surface area contributed by atoms with E-state index in [0.29, 0.717) is 24.4 Å². The van der Waals surface area contributed by atoms with Crippen LogP contribution in [0.2, 0.25) is 0 Å². The smallest absolute Gasteiger partial charge is 0.307 e. The van der Waals surface area contributed by atoms with Crippen molar-refractivity contribution in [3.05, 3.63) is 29.8 Å². The Balaban J connectivity index is 2.27. The summed E-state index contributed by atoms with van der Waals surface area (Å²) in [5.41, 5.74) is 6.93. The van der Waals surface area contributed by atoms with Gasteiger partial charge < -0.3 is 10.8 Å². The fourth-order valence-corrected chi connectivity index (χ4v) is 2.33. The number of carbonyl (C=O) groups is 1. The van der Waals surface area contributed by atoms with Crippen LogP contribution < -0.4 is 5.73 Å². The maximum Gasteiger partial charge on any atom is 0.307 e. The van der Waals surface area contributed by atoms with E-state index >= 15 is 0 Å². The van der Waals surface area contributed by atoms with E-state index in [9.17, 15) is 9.90 Å². The highest BCUT2D eigenvalue weighted by Gasteiger charge is 2.32. The Bertz CT molecular complexity index is 569. The summed E-state index contributed by atoms with van der Waals surface area (Å²) in [6.07, 6.45) is 3.29. The number of aromatic nitrogens is 5. The van der Waals surface area contributed by atoms with Crippen LogP contribution in [0.4, 0.5) is 5.69 Å². The zero-order chi connectivity index (χ0) is 15.2. The second-order valence-electron chi connectivity index (χ2n) is 4.90. The van der Waals surface area contributed by atoms with Crippen molar-refractivity contribution in [1.82, 2.24) is 25.6 Å². The molecule has 0 saturated heterocycles. The maximum atomic E-state index is 11.5. The molecule has 2 atom stereocenters. The van der Waals surface area contributed by atoms with Gasteiger partial charge in [-0.25, -0.2) is 0 Å². The lowest BCUT2D eigenvalue weighted by Crippen LogP contribution is -2.25. The zero-order valence-corrected chi connectivity index (χ0v) is 11.7. The number of nitrogens with one attached hydrogen (secondary N) is 1. The third-order valence-corrected chi connectivity index (χ3v) is 3.37. The van der Waals surface area contributed by atoms with Gasteiger partial charge >= 0.3 is 5.97 Å². The molecule has 0 saturated carbocycles. The van der Waals surface area contributed by atoms with E-state index in [1.807, 2.05) is 6.92 Å². The van der Waals surface area contributed by atoms with Gasteiger partial charge in [-0.05, 0) is 18.6 Å². The minimum absolute atomic E-state index is 0.377. The van der Waals surface area contributed by atoms with E-state index in [4.69, 9.17) is 5.73 Å². The Labute approximate surface area is 121 Å². The normalized spacial score (nSPS) is 13.8. The number of nitrogen functional groups attached to an aromatic ring is 1. The van der Waals surface area contributed by atoms with Crippen LogP contribution in [0.3, 0.4) is 0 Å². The first-order valence-electron chi connectivity index (χ1n) is 6.78. The van der Waals surface area contributed by atoms with E-state index in [1.165, 1.54) is 0 Å². The predicted octanol–water partition coefficient (Wildman–Crippen LogP) is 1.00. The van der Waals surface area contributed by atoms with Gasteiger partial charge in [-0.1, -0.05) is 18.6 Å². The molecule has 0 amide bonds. The Morgan fingerprint density at radius 3 is 2.81 bits per heavy atom. The fraction of sp³-hybridized carbons (Fsp3) is 0.462. The summed E-state index contributed by atoms with van der Waals surface area (Å²) in [5.74, 6) is -1.42. The van der Waals surface area contributed by atoms with Gasteiger partial charge in [-0.15, -0.1) is 10.2 Å². The van der Waals surface area contributed by atoms with Gasteiger partial charge in [-0.3, -0.25) is 9.78 Å². The molecule has 2 aromatic rings. The average molecular weight is 290 g/mol. The first-order chi connectivity index (χ1) is 10.1. The molecular weight excluding hydrogens is 272 g/mol. The van der Waals surface area contributed by atoms with Crippen molar-refractivity contribution >= 4 is 11.7 Å². The number of rotatable bonds is 7. The molecule has 0 radical (unpaired) electrons. The van der Waals surface area contributed by atoms with Crippen molar-refractivity contribution in [2.24, 2.45) is 5.92 Å². The molecule has 0 aliphatic rings. The molecule has 0 spiro atoms. The minimum atomic E-state index is -0.859. The number of pyridine rings is 1. The summed E-state index contributed by atoms with van der Waals surface area (Å²) >= 11 is 0. The topological polar surface area (TPSA) is 131 Å². The van der Waals surface area contributed by atoms with Gasteiger partial charge in [0.05, 0.1) is 17.8 Å². The lowest BCUT2D eigenvalue weighted by Gasteiger charge is -2.20. The van der Waals surface area contributed by atoms with Crippen molar-refractivity contribution in [3.8, 4) is 0 Å². The number of anilines is 1. The largest absolute Gasteiger partial charge is 0.481 e. The number of tetrazole rings is 1. The van der Waals surface area contributed by atoms with Crippen molar-refractivity contribution in [2.75, 3.05) is 5.73 Å². The van der Waals surface area contributed by atoms with Crippen LogP contribution >= 0.6 is 0 Å². The summed E-state index contributed by atoms with van der Waals surface area (Å²) in [7, 11) is 0. The number of carboxylic acid groups (broad SMARTS) is 1. The van der Waals surface area contributed by atoms with Gasteiger partial charge in [0.1, 0.15) is 0 Å². The molecule has 1 unspecified atom stereocenters. The maximum absolute atomic E-state index is 11.5. The monoisotopic (exact) mass is 290 g/mol. The molecule has 4 N–H and O–H groups in total. The number of aromatic amines is 1. The molecule has 21 heavy (non-hydrogen) atoms. The van der Waals surface area contributed by atoms with Gasteiger partial charge in [0, 0.05) is 18.0 Å². The third-order valence-electron chi connectivity index (χ3n) is 3.37. The summed E-state index contributed by atoms with van der Waals surface area (Å²) in [4.78, 5) is 15.8. The third kappa shape index (κ3) is 3.74. The number of carboxylic acids is 1. The van der Waals surface area contributed by atoms with Crippen LogP contribution in [-0.2, 0) is 11.2 Å². The van der Waals surface area contributed by atoms with E-state index in [-0.39, 0.29) is 5.92 Å². The molecule has 0 aliphatic carbocycles. The summed E-state index contributed by atoms with van der Waals surface area (Å²) in [6, 6.07) is 3.53. The van der Waals surface area contributed by atoms with Gasteiger partial charge in [0.15, 0.2) is 5.82 Å². The summed E-state index contributed by atoms with van der Waals surface area (Å²) in [5, 5.41) is 23.3. The van der Waals surface area contributed by atoms with Gasteiger partial charge in [-0.2, -0.15) is 5.21 Å². The second-order valence-corrected chi connectivity index (χ2v) is 4.90. The minimum Gasteiger partial charge on any atom is -0.481 e. The Morgan fingerprint density at radius 1 is 1.48 bits per heavy atom. The molecular formula is C13H18N6O2. The van der Waals surface area contributed by atoms with E-state index in [2.05, 4.69) is 25.6 Å². The van der Waals surface area contributed by atoms with Crippen LogP contribution in [0.15, 0.2) is 18.3 Å². The molecule has 2 rings (SSSR count). The summed E-state index contributed by atoms with van der Waals surface area (Å²) < 4.78 is 0. The van der Waals surface area contributed by atoms with Crippen molar-refractivity contribution in [3.63, 3.8) is 0 Å². The van der Waals surface area contributed by atoms with Crippen molar-refractivity contribution in [1.29, 1.82) is 0 Å². The number of nitrogens with two attached hydrogens (primary N) is 1. The van der Waals surface area contributed by atoms with Crippen LogP contribution in [0.25, 0.3) is 0 Å². The van der Waals surface area contributed by atoms with E-state index in [1.54, 1.807) is 18.3 Å². The Hall–Kier alpha value is -2.51. The molecule has 0 aromatic carbocycles. The lowest BCUT2D eigenvalue weighted by molar-refractivity contribution is -0.143. The number of nitrogens with zero attached hydrogens (tertiary/aromatic N) is 4. The average Bonchev–Trinajstić information content (AvgIpc) is 2.98. The summed E-state index contributed by atoms with van der Waals surface area (Å²) in [6.45, 7) is 1.95. The number of H-pyrrole nitrogens is 1. The van der Waals surface area contributed by atoms with Crippen LogP contribution in [0.5, 0.6) is 0 Å². The quantitative estimate of drug-likeness (QED) is 0.693. The lowest BCUT2D eigenvalue weighted by atomic mass is 9.84. The first-order valence-corrected chi connectivity index (χ1v) is 6.78. The second kappa shape index (κ2) is 6.78. The van der Waals surface area contributed by atoms with Gasteiger partial charge in [0.25, 0.3) is 0 Å². The van der Waals surface area contributed by atoms with Crippen LogP contribution in [-0.4, -0.2) is 36.7 Å². The predicted molar refractivity (Wildman–Crippen MR) is 75.3 cm³/mol. The van der Waals surface area contributed by atoms with E-state index < -0.39 is 11.9 Å². The standard InChI is InChI=1S/C13H18N6O2/c1-2-3-10(13(20)21)11(12-16-18-19-17-12)6-9-5-4-8(14)7-15-9/h4-5,7,10-11H,2-3,6,14H2,1H3,(H,20,21)(H,16,17,18,19)/t10?,11-/m0/s1. The van der Waals surface area contributed by atoms with Crippen LogP contribution in [0.1, 0.15) is 37.2 Å². The fourth-order valence-electron chi connectivity index (χ4n) is 2.33. The number of aliphatic carboxylic acids is 1. The molecule has 8 heteroatoms. The molecule has 8 nitrogen and oxygen atoms in total. The Morgan fingerprint density at radius 2 is 2.29 bits per heavy atom. The molecule has 2 heterocycles. The first kappa shape index (κ1) is 14.9. The highest BCUT2D eigenvalue weighted by molar-refractivity contribution is 5.71. The van der Waals surface area contributed by atoms with E-state index in [0.717, 1.165) is 12.1 Å². The van der Waals surface area contributed by atoms with Crippen LogP contribution in [0, 0.1) is 5.92 Å². The SMILES string of the molecule is CCCC(C(=O)O)[C@H](Cc1ccc(N)cn1)c1nn[nH]n1. The number of hydrogen-bond donors (Lipinski definition) is 3. The molecule has 0 bridgehead atoms. The molecule has 2 aromatic heterocycles. The molecule has 0 fully saturated rings. The highest BCUT2D eigenvalue weighted by Crippen LogP contribution is 2.29. The number of hydrogen-bond acceptors (Lipinski definition) is 6. The van der Waals surface area contributed by atoms with Crippen molar-refractivity contribution < 1.29 is 9.90 Å². The Kier molecular flexibility index (Phi) is 4.81. The highest BCUT2D eigenvalue weighted by atomic mass is 16.4. The zero-order valence-electron chi connectivity index (χ0n) is 11.7.